The molecule has 4 nitrogen and oxygen atoms in total. The fourth-order valence-electron chi connectivity index (χ4n) is 9.48. The molecule has 58 heavy (non-hydrogen) atoms. The van der Waals surface area contributed by atoms with Crippen LogP contribution in [0.1, 0.15) is 0 Å². The summed E-state index contributed by atoms with van der Waals surface area (Å²) in [5, 5.41) is 9.34. The third kappa shape index (κ3) is 4.45. The van der Waals surface area contributed by atoms with E-state index in [9.17, 15) is 0 Å². The number of benzene rings is 9. The van der Waals surface area contributed by atoms with E-state index in [2.05, 4.69) is 179 Å². The number of hydrogen-bond acceptors (Lipinski definition) is 2. The van der Waals surface area contributed by atoms with E-state index < -0.39 is 0 Å². The van der Waals surface area contributed by atoms with Gasteiger partial charge in [0, 0.05) is 66.1 Å². The van der Waals surface area contributed by atoms with Gasteiger partial charge in [-0.1, -0.05) is 109 Å². The quantitative estimate of drug-likeness (QED) is 0.180. The predicted molar refractivity (Wildman–Crippen MR) is 241 cm³/mol. The Morgan fingerprint density at radius 2 is 0.793 bits per heavy atom. The molecule has 0 fully saturated rings. The highest BCUT2D eigenvalue weighted by Gasteiger charge is 2.19. The van der Waals surface area contributed by atoms with Crippen molar-refractivity contribution >= 4 is 87.5 Å². The van der Waals surface area contributed by atoms with Crippen molar-refractivity contribution in [1.82, 2.24) is 9.13 Å². The number of nitrogens with zero attached hydrogens (tertiary/aromatic N) is 2. The lowest BCUT2D eigenvalue weighted by Crippen LogP contribution is -1.93. The summed E-state index contributed by atoms with van der Waals surface area (Å²) in [7, 11) is 0. The maximum absolute atomic E-state index is 6.53. The maximum Gasteiger partial charge on any atom is 0.143 e. The van der Waals surface area contributed by atoms with Gasteiger partial charge in [-0.05, 0) is 95.6 Å². The van der Waals surface area contributed by atoms with E-state index >= 15 is 0 Å². The van der Waals surface area contributed by atoms with Crippen molar-refractivity contribution in [2.45, 2.75) is 0 Å². The number of rotatable bonds is 4. The molecule has 4 aromatic heterocycles. The maximum atomic E-state index is 6.53. The van der Waals surface area contributed by atoms with Gasteiger partial charge in [0.15, 0.2) is 0 Å². The summed E-state index contributed by atoms with van der Waals surface area (Å²) < 4.78 is 17.7. The third-order valence-corrected chi connectivity index (χ3v) is 12.1. The Morgan fingerprint density at radius 1 is 0.276 bits per heavy atom. The zero-order chi connectivity index (χ0) is 37.9. The molecule has 0 saturated heterocycles. The van der Waals surface area contributed by atoms with Crippen LogP contribution in [-0.4, -0.2) is 9.13 Å². The molecule has 0 spiro atoms. The molecule has 0 aliphatic heterocycles. The zero-order valence-electron chi connectivity index (χ0n) is 31.2. The van der Waals surface area contributed by atoms with Gasteiger partial charge < -0.3 is 18.0 Å². The van der Waals surface area contributed by atoms with E-state index in [4.69, 9.17) is 8.83 Å². The SMILES string of the molecule is c1ccc(-n2c3ccccc3c3cc(-c4ccc5c(c4)c4cc(-c6cccc7c6oc6ccccc67)ccc4n5-c4ccc5c(c4)oc4ccccc45)ccc32)cc1. The number of aromatic nitrogens is 2. The second kappa shape index (κ2) is 11.8. The number of fused-ring (bicyclic) bond motifs is 12. The fourth-order valence-corrected chi connectivity index (χ4v) is 9.48. The van der Waals surface area contributed by atoms with Crippen molar-refractivity contribution in [3.05, 3.63) is 194 Å². The summed E-state index contributed by atoms with van der Waals surface area (Å²) in [6.45, 7) is 0. The molecule has 0 aliphatic rings. The highest BCUT2D eigenvalue weighted by atomic mass is 16.3. The average molecular weight is 741 g/mol. The Bertz CT molecular complexity index is 3800. The lowest BCUT2D eigenvalue weighted by molar-refractivity contribution is 0.668. The minimum atomic E-state index is 0.876. The van der Waals surface area contributed by atoms with Gasteiger partial charge in [0.25, 0.3) is 0 Å². The van der Waals surface area contributed by atoms with E-state index in [1.54, 1.807) is 0 Å². The van der Waals surface area contributed by atoms with Crippen LogP contribution in [0.5, 0.6) is 0 Å². The van der Waals surface area contributed by atoms with Crippen LogP contribution in [0, 0.1) is 0 Å². The van der Waals surface area contributed by atoms with Crippen LogP contribution < -0.4 is 0 Å². The van der Waals surface area contributed by atoms with Crippen LogP contribution >= 0.6 is 0 Å². The molecule has 0 bridgehead atoms. The lowest BCUT2D eigenvalue weighted by atomic mass is 9.98. The van der Waals surface area contributed by atoms with E-state index in [1.165, 1.54) is 43.7 Å². The van der Waals surface area contributed by atoms with Crippen molar-refractivity contribution in [2.75, 3.05) is 0 Å². The summed E-state index contributed by atoms with van der Waals surface area (Å²) in [5.74, 6) is 0. The molecule has 0 N–H and O–H groups in total. The smallest absolute Gasteiger partial charge is 0.143 e. The van der Waals surface area contributed by atoms with Crippen LogP contribution in [0.25, 0.3) is 121 Å². The summed E-state index contributed by atoms with van der Waals surface area (Å²) in [4.78, 5) is 0. The first-order valence-corrected chi connectivity index (χ1v) is 19.7. The van der Waals surface area contributed by atoms with Crippen molar-refractivity contribution in [3.8, 4) is 33.6 Å². The van der Waals surface area contributed by atoms with E-state index in [0.29, 0.717) is 0 Å². The average Bonchev–Trinajstić information content (AvgIpc) is 4.03. The molecule has 0 unspecified atom stereocenters. The standard InChI is InChI=1S/C54H32N2O2/c1-2-11-36(12-3-1)55-47-18-7-4-13-39(47)44-29-33(21-26-48(44)55)34-22-27-49-45(30-34)46-31-35(38-16-10-17-43-41-15-6-9-20-52(41)58-54(38)43)23-28-50(46)56(49)37-24-25-42-40-14-5-8-19-51(40)57-53(42)32-37/h1-32H. The van der Waals surface area contributed by atoms with Crippen molar-refractivity contribution in [3.63, 3.8) is 0 Å². The zero-order valence-corrected chi connectivity index (χ0v) is 31.2. The molecule has 270 valence electrons. The van der Waals surface area contributed by atoms with Gasteiger partial charge in [0.1, 0.15) is 22.3 Å². The minimum Gasteiger partial charge on any atom is -0.456 e. The summed E-state index contributed by atoms with van der Waals surface area (Å²) in [6.07, 6.45) is 0. The molecule has 0 amide bonds. The number of furan rings is 2. The first kappa shape index (κ1) is 31.4. The van der Waals surface area contributed by atoms with Crippen molar-refractivity contribution in [2.24, 2.45) is 0 Å². The largest absolute Gasteiger partial charge is 0.456 e. The van der Waals surface area contributed by atoms with Crippen LogP contribution in [0.15, 0.2) is 203 Å². The van der Waals surface area contributed by atoms with Crippen LogP contribution in [0.4, 0.5) is 0 Å². The van der Waals surface area contributed by atoms with E-state index in [-0.39, 0.29) is 0 Å². The Labute approximate surface area is 332 Å². The Balaban J connectivity index is 1.05. The van der Waals surface area contributed by atoms with Crippen molar-refractivity contribution in [1.29, 1.82) is 0 Å². The highest BCUT2D eigenvalue weighted by molar-refractivity contribution is 6.15. The molecule has 4 heteroatoms. The first-order valence-electron chi connectivity index (χ1n) is 19.7. The van der Waals surface area contributed by atoms with E-state index in [0.717, 1.165) is 77.4 Å². The molecule has 0 saturated carbocycles. The summed E-state index contributed by atoms with van der Waals surface area (Å²) in [5.41, 5.74) is 15.0. The van der Waals surface area contributed by atoms with Gasteiger partial charge in [0.2, 0.25) is 0 Å². The second-order valence-electron chi connectivity index (χ2n) is 15.3. The highest BCUT2D eigenvalue weighted by Crippen LogP contribution is 2.42. The van der Waals surface area contributed by atoms with Crippen LogP contribution in [0.3, 0.4) is 0 Å². The summed E-state index contributed by atoms with van der Waals surface area (Å²) >= 11 is 0. The number of para-hydroxylation sites is 5. The molecule has 4 heterocycles. The Morgan fingerprint density at radius 3 is 1.53 bits per heavy atom. The van der Waals surface area contributed by atoms with Crippen molar-refractivity contribution < 1.29 is 8.83 Å². The molecular weight excluding hydrogens is 709 g/mol. The van der Waals surface area contributed by atoms with E-state index in [1.807, 2.05) is 24.3 Å². The molecule has 0 radical (unpaired) electrons. The Kier molecular flexibility index (Phi) is 6.41. The lowest BCUT2D eigenvalue weighted by Gasteiger charge is -2.09. The minimum absolute atomic E-state index is 0.876. The molecule has 0 aliphatic carbocycles. The normalized spacial score (nSPS) is 12.1. The molecule has 9 aromatic carbocycles. The van der Waals surface area contributed by atoms with Gasteiger partial charge in [-0.2, -0.15) is 0 Å². The molecule has 13 rings (SSSR count). The molecule has 0 atom stereocenters. The second-order valence-corrected chi connectivity index (χ2v) is 15.3. The third-order valence-electron chi connectivity index (χ3n) is 12.1. The number of hydrogen-bond donors (Lipinski definition) is 0. The molecular formula is C54H32N2O2. The van der Waals surface area contributed by atoms with Gasteiger partial charge in [-0.3, -0.25) is 0 Å². The monoisotopic (exact) mass is 740 g/mol. The van der Waals surface area contributed by atoms with Gasteiger partial charge in [-0.25, -0.2) is 0 Å². The van der Waals surface area contributed by atoms with Crippen LogP contribution in [-0.2, 0) is 0 Å². The predicted octanol–water partition coefficient (Wildman–Crippen LogP) is 15.0. The fraction of sp³-hybridized carbons (Fsp3) is 0. The Hall–Kier alpha value is -7.82. The van der Waals surface area contributed by atoms with Gasteiger partial charge in [-0.15, -0.1) is 0 Å². The topological polar surface area (TPSA) is 36.1 Å². The van der Waals surface area contributed by atoms with Gasteiger partial charge >= 0.3 is 0 Å². The molecule has 13 aromatic rings. The summed E-state index contributed by atoms with van der Waals surface area (Å²) in [6, 6.07) is 69.6. The van der Waals surface area contributed by atoms with Gasteiger partial charge in [0.05, 0.1) is 22.1 Å². The first-order chi connectivity index (χ1) is 28.7. The van der Waals surface area contributed by atoms with Crippen LogP contribution in [0.2, 0.25) is 0 Å².